The Hall–Kier alpha value is -1.07. The maximum atomic E-state index is 4.17. The van der Waals surface area contributed by atoms with Gasteiger partial charge in [-0.3, -0.25) is 9.98 Å². The predicted octanol–water partition coefficient (Wildman–Crippen LogP) is 0.876. The van der Waals surface area contributed by atoms with Crippen molar-refractivity contribution >= 4 is 11.5 Å². The molecule has 2 heterocycles. The summed E-state index contributed by atoms with van der Waals surface area (Å²) in [6, 6.07) is 6.68. The largest absolute Gasteiger partial charge is 0.410 e. The van der Waals surface area contributed by atoms with Crippen molar-refractivity contribution < 1.29 is 32.7 Å². The molecule has 16 heavy (non-hydrogen) atoms. The van der Waals surface area contributed by atoms with Crippen LogP contribution >= 0.6 is 0 Å². The monoisotopic (exact) mass is 289 g/mol. The number of hydrogen-bond acceptors (Lipinski definition) is 4. The summed E-state index contributed by atoms with van der Waals surface area (Å²) in [5.74, 6) is 0.613. The molecule has 5 nitrogen and oxygen atoms in total. The van der Waals surface area contributed by atoms with Gasteiger partial charge in [0.1, 0.15) is 0 Å². The van der Waals surface area contributed by atoms with Crippen LogP contribution in [-0.2, 0) is 32.7 Å². The Morgan fingerprint density at radius 3 is 3.06 bits per heavy atom. The number of nitrogens with one attached hydrogen (secondary N) is 2. The van der Waals surface area contributed by atoms with Gasteiger partial charge in [-0.15, -0.1) is 0 Å². The number of hydrogen-bond donors (Lipinski definition) is 2. The van der Waals surface area contributed by atoms with E-state index < -0.39 is 0 Å². The molecule has 0 bridgehead atoms. The molecule has 0 aliphatic rings. The number of nitrogens with zero attached hydrogens (tertiary/aromatic N) is 3. The molecule has 0 saturated heterocycles. The van der Waals surface area contributed by atoms with Crippen LogP contribution in [0.1, 0.15) is 0 Å². The first-order valence-electron chi connectivity index (χ1n) is 4.46. The van der Waals surface area contributed by atoms with Crippen molar-refractivity contribution in [2.45, 2.75) is 0 Å². The number of aromatic amines is 1. The van der Waals surface area contributed by atoms with E-state index in [-0.39, 0.29) is 32.7 Å². The van der Waals surface area contributed by atoms with Crippen LogP contribution in [0.3, 0.4) is 0 Å². The molecule has 2 aromatic rings. The Morgan fingerprint density at radius 1 is 1.50 bits per heavy atom. The fraction of sp³-hybridized carbons (Fsp3) is 0.100. The zero-order valence-corrected chi connectivity index (χ0v) is 11.6. The van der Waals surface area contributed by atoms with E-state index in [0.717, 1.165) is 5.69 Å². The quantitative estimate of drug-likeness (QED) is 0.806. The SMILES string of the molecule is CN=c1nc(Nc2cccnc2)[c-]c[nH]1.[Y]. The Labute approximate surface area is 118 Å². The standard InChI is InChI=1S/C10H10N5.Y/c1-11-10-13-6-4-9(15-10)14-8-3-2-5-12-7-8;/h2-3,5-7H,1H3,(H2,11,13,14,15);/q-1;. The van der Waals surface area contributed by atoms with Crippen LogP contribution in [0.25, 0.3) is 0 Å². The number of H-pyrrole nitrogens is 1. The van der Waals surface area contributed by atoms with Gasteiger partial charge < -0.3 is 16.4 Å². The second-order valence-corrected chi connectivity index (χ2v) is 2.81. The topological polar surface area (TPSA) is 66.0 Å². The van der Waals surface area contributed by atoms with Gasteiger partial charge in [-0.05, 0) is 18.0 Å². The summed E-state index contributed by atoms with van der Waals surface area (Å²) < 4.78 is 0. The first kappa shape index (κ1) is 13.0. The minimum atomic E-state index is 0. The van der Waals surface area contributed by atoms with Gasteiger partial charge in [-0.1, -0.05) is 0 Å². The van der Waals surface area contributed by atoms with E-state index in [9.17, 15) is 0 Å². The Balaban J connectivity index is 0.00000128. The minimum absolute atomic E-state index is 0. The van der Waals surface area contributed by atoms with Gasteiger partial charge in [0, 0.05) is 46.0 Å². The normalized spacial score (nSPS) is 10.7. The molecule has 0 aliphatic heterocycles. The van der Waals surface area contributed by atoms with Crippen molar-refractivity contribution in [3.63, 3.8) is 0 Å². The molecule has 0 spiro atoms. The fourth-order valence-electron chi connectivity index (χ4n) is 1.09. The van der Waals surface area contributed by atoms with Crippen LogP contribution in [0.2, 0.25) is 0 Å². The third-order valence-corrected chi connectivity index (χ3v) is 1.76. The molecule has 0 fully saturated rings. The first-order chi connectivity index (χ1) is 7.38. The Bertz CT molecular complexity index is 494. The van der Waals surface area contributed by atoms with E-state index in [1.807, 2.05) is 12.1 Å². The predicted molar refractivity (Wildman–Crippen MR) is 56.4 cm³/mol. The van der Waals surface area contributed by atoms with Gasteiger partial charge in [-0.25, -0.2) is 4.98 Å². The maximum Gasteiger partial charge on any atom is 0.218 e. The summed E-state index contributed by atoms with van der Waals surface area (Å²) in [5, 5.41) is 3.07. The van der Waals surface area contributed by atoms with Crippen molar-refractivity contribution in [1.29, 1.82) is 0 Å². The Morgan fingerprint density at radius 2 is 2.38 bits per heavy atom. The second-order valence-electron chi connectivity index (χ2n) is 2.81. The summed E-state index contributed by atoms with van der Waals surface area (Å²) in [7, 11) is 1.67. The summed E-state index contributed by atoms with van der Waals surface area (Å²) in [6.07, 6.45) is 5.09. The van der Waals surface area contributed by atoms with Gasteiger partial charge in [-0.2, -0.15) is 6.20 Å². The van der Waals surface area contributed by atoms with Crippen LogP contribution in [0.4, 0.5) is 11.5 Å². The van der Waals surface area contributed by atoms with E-state index in [1.165, 1.54) is 0 Å². The molecule has 2 rings (SSSR count). The maximum absolute atomic E-state index is 4.17. The van der Waals surface area contributed by atoms with Gasteiger partial charge in [0.05, 0.1) is 11.9 Å². The van der Waals surface area contributed by atoms with Gasteiger partial charge in [0.25, 0.3) is 0 Å². The zero-order chi connectivity index (χ0) is 10.5. The van der Waals surface area contributed by atoms with Crippen LogP contribution in [0, 0.1) is 6.07 Å². The van der Waals surface area contributed by atoms with Crippen molar-refractivity contribution in [3.8, 4) is 0 Å². The number of aromatic nitrogens is 3. The van der Waals surface area contributed by atoms with Crippen molar-refractivity contribution in [1.82, 2.24) is 15.0 Å². The summed E-state index contributed by atoms with van der Waals surface area (Å²) in [6.45, 7) is 0. The van der Waals surface area contributed by atoms with Gasteiger partial charge in [0.15, 0.2) is 0 Å². The molecule has 0 aromatic carbocycles. The molecular weight excluding hydrogens is 279 g/mol. The van der Waals surface area contributed by atoms with Crippen LogP contribution in [0.5, 0.6) is 0 Å². The van der Waals surface area contributed by atoms with Gasteiger partial charge >= 0.3 is 0 Å². The third-order valence-electron chi connectivity index (χ3n) is 1.76. The minimum Gasteiger partial charge on any atom is -0.410 e. The van der Waals surface area contributed by atoms with Crippen molar-refractivity contribution in [3.05, 3.63) is 42.4 Å². The molecule has 0 unspecified atom stereocenters. The molecule has 79 valence electrons. The molecule has 6 heteroatoms. The molecule has 2 aromatic heterocycles. The van der Waals surface area contributed by atoms with E-state index in [4.69, 9.17) is 0 Å². The summed E-state index contributed by atoms with van der Waals surface area (Å²) in [4.78, 5) is 14.9. The molecular formula is C10H10N5Y-. The average Bonchev–Trinajstić information content (AvgIpc) is 2.31. The van der Waals surface area contributed by atoms with E-state index >= 15 is 0 Å². The molecule has 1 radical (unpaired) electrons. The van der Waals surface area contributed by atoms with Gasteiger partial charge in [0.2, 0.25) is 5.62 Å². The molecule has 0 atom stereocenters. The van der Waals surface area contributed by atoms with Crippen LogP contribution in [0.15, 0.2) is 35.7 Å². The van der Waals surface area contributed by atoms with Crippen molar-refractivity contribution in [2.75, 3.05) is 12.4 Å². The van der Waals surface area contributed by atoms with Crippen LogP contribution < -0.4 is 10.9 Å². The number of anilines is 2. The molecule has 2 N–H and O–H groups in total. The third kappa shape index (κ3) is 3.50. The molecule has 0 aliphatic carbocycles. The zero-order valence-electron chi connectivity index (χ0n) is 8.81. The number of pyridine rings is 1. The summed E-state index contributed by atoms with van der Waals surface area (Å²) in [5.41, 5.74) is 1.43. The van der Waals surface area contributed by atoms with E-state index in [2.05, 4.69) is 31.3 Å². The van der Waals surface area contributed by atoms with E-state index in [0.29, 0.717) is 11.4 Å². The summed E-state index contributed by atoms with van der Waals surface area (Å²) >= 11 is 0. The Kier molecular flexibility index (Phi) is 5.28. The van der Waals surface area contributed by atoms with E-state index in [1.54, 1.807) is 25.6 Å². The smallest absolute Gasteiger partial charge is 0.218 e. The van der Waals surface area contributed by atoms with Crippen LogP contribution in [-0.4, -0.2) is 22.0 Å². The van der Waals surface area contributed by atoms with Crippen molar-refractivity contribution in [2.24, 2.45) is 4.99 Å². The molecule has 0 amide bonds. The number of rotatable bonds is 2. The molecule has 0 saturated carbocycles. The fourth-order valence-corrected chi connectivity index (χ4v) is 1.09. The second kappa shape index (κ2) is 6.50. The first-order valence-corrected chi connectivity index (χ1v) is 4.46. The average molecular weight is 289 g/mol.